The molecule has 1 saturated heterocycles. The Labute approximate surface area is 131 Å². The first-order valence-corrected chi connectivity index (χ1v) is 7.45. The highest BCUT2D eigenvalue weighted by Crippen LogP contribution is 2.22. The fourth-order valence-electron chi connectivity index (χ4n) is 2.61. The molecule has 2 atom stereocenters. The lowest BCUT2D eigenvalue weighted by molar-refractivity contribution is 0.00634. The number of hydrogen-bond acceptors (Lipinski definition) is 4. The van der Waals surface area contributed by atoms with Gasteiger partial charge in [0.2, 0.25) is 0 Å². The van der Waals surface area contributed by atoms with Crippen molar-refractivity contribution in [3.05, 3.63) is 48.6 Å². The summed E-state index contributed by atoms with van der Waals surface area (Å²) in [6.07, 6.45) is 2.13. The minimum Gasteiger partial charge on any atom is -0.445 e. The summed E-state index contributed by atoms with van der Waals surface area (Å²) in [4.78, 5) is 14.0. The molecule has 1 amide bonds. The largest absolute Gasteiger partial charge is 0.445 e. The second-order valence-electron chi connectivity index (χ2n) is 5.21. The van der Waals surface area contributed by atoms with Crippen LogP contribution in [0.2, 0.25) is 0 Å². The fraction of sp³-hybridized carbons (Fsp3) is 0.471. The third-order valence-electron chi connectivity index (χ3n) is 3.69. The monoisotopic (exact) mass is 305 g/mol. The number of nitrogens with zero attached hydrogens (tertiary/aromatic N) is 1. The fourth-order valence-corrected chi connectivity index (χ4v) is 2.61. The van der Waals surface area contributed by atoms with Crippen molar-refractivity contribution >= 4 is 6.09 Å². The quantitative estimate of drug-likeness (QED) is 0.727. The molecule has 0 radical (unpaired) electrons. The lowest BCUT2D eigenvalue weighted by Crippen LogP contribution is -2.43. The zero-order valence-corrected chi connectivity index (χ0v) is 12.9. The molecule has 0 unspecified atom stereocenters. The molecule has 1 heterocycles. The Morgan fingerprint density at radius 2 is 2.18 bits per heavy atom. The van der Waals surface area contributed by atoms with Crippen LogP contribution in [0.25, 0.3) is 0 Å². The van der Waals surface area contributed by atoms with Crippen molar-refractivity contribution in [2.45, 2.75) is 25.2 Å². The first-order valence-electron chi connectivity index (χ1n) is 7.45. The molecular weight excluding hydrogens is 282 g/mol. The summed E-state index contributed by atoms with van der Waals surface area (Å²) in [5.74, 6) is 0. The average molecular weight is 305 g/mol. The smallest absolute Gasteiger partial charge is 0.410 e. The van der Waals surface area contributed by atoms with Gasteiger partial charge >= 0.3 is 6.09 Å². The zero-order chi connectivity index (χ0) is 15.8. The normalized spacial score (nSPS) is 20.9. The molecule has 0 bridgehead atoms. The third kappa shape index (κ3) is 4.32. The van der Waals surface area contributed by atoms with Crippen molar-refractivity contribution in [2.24, 2.45) is 0 Å². The Morgan fingerprint density at radius 3 is 2.86 bits per heavy atom. The van der Waals surface area contributed by atoms with Crippen LogP contribution in [0, 0.1) is 0 Å². The van der Waals surface area contributed by atoms with Crippen molar-refractivity contribution in [3.63, 3.8) is 0 Å². The standard InChI is InChI=1S/C17H23NO4/c1-3-11-21-16-9-10-18(15(16)13-20-2)17(19)22-12-14-7-5-4-6-8-14/h3-8,15-16H,1,9-13H2,2H3/t15-,16-/m1/s1. The lowest BCUT2D eigenvalue weighted by atomic mass is 10.2. The van der Waals surface area contributed by atoms with Gasteiger partial charge < -0.3 is 19.1 Å². The number of carbonyl (C=O) groups is 1. The summed E-state index contributed by atoms with van der Waals surface area (Å²) in [6, 6.07) is 9.52. The summed E-state index contributed by atoms with van der Waals surface area (Å²) < 4.78 is 16.3. The zero-order valence-electron chi connectivity index (χ0n) is 12.9. The predicted octanol–water partition coefficient (Wildman–Crippen LogP) is 2.62. The van der Waals surface area contributed by atoms with E-state index in [1.54, 1.807) is 18.1 Å². The molecule has 0 N–H and O–H groups in total. The maximum Gasteiger partial charge on any atom is 0.410 e. The van der Waals surface area contributed by atoms with Crippen molar-refractivity contribution in [1.82, 2.24) is 4.90 Å². The van der Waals surface area contributed by atoms with Gasteiger partial charge in [-0.2, -0.15) is 0 Å². The third-order valence-corrected chi connectivity index (χ3v) is 3.69. The van der Waals surface area contributed by atoms with Gasteiger partial charge in [0.15, 0.2) is 0 Å². The van der Waals surface area contributed by atoms with Crippen molar-refractivity contribution in [3.8, 4) is 0 Å². The molecule has 0 aliphatic carbocycles. The second-order valence-corrected chi connectivity index (χ2v) is 5.21. The number of rotatable bonds is 7. The Balaban J connectivity index is 1.91. The van der Waals surface area contributed by atoms with Gasteiger partial charge in [-0.05, 0) is 12.0 Å². The van der Waals surface area contributed by atoms with Gasteiger partial charge in [0, 0.05) is 13.7 Å². The molecule has 120 valence electrons. The van der Waals surface area contributed by atoms with Gasteiger partial charge in [-0.15, -0.1) is 6.58 Å². The molecule has 1 aromatic carbocycles. The van der Waals surface area contributed by atoms with E-state index < -0.39 is 0 Å². The molecule has 2 rings (SSSR count). The Bertz CT molecular complexity index is 477. The van der Waals surface area contributed by atoms with Crippen molar-refractivity contribution in [1.29, 1.82) is 0 Å². The Kier molecular flexibility index (Phi) is 6.43. The number of carbonyl (C=O) groups excluding carboxylic acids is 1. The molecule has 1 aliphatic heterocycles. The highest BCUT2D eigenvalue weighted by Gasteiger charge is 2.38. The summed E-state index contributed by atoms with van der Waals surface area (Å²) in [6.45, 7) is 5.44. The van der Waals surface area contributed by atoms with Crippen LogP contribution in [0.4, 0.5) is 4.79 Å². The minimum absolute atomic E-state index is 0.0396. The molecule has 0 spiro atoms. The van der Waals surface area contributed by atoms with Gasteiger partial charge in [-0.25, -0.2) is 4.79 Å². The summed E-state index contributed by atoms with van der Waals surface area (Å²) in [5.41, 5.74) is 0.970. The minimum atomic E-state index is -0.324. The second kappa shape index (κ2) is 8.56. The van der Waals surface area contributed by atoms with E-state index in [1.807, 2.05) is 30.3 Å². The Morgan fingerprint density at radius 1 is 1.41 bits per heavy atom. The molecule has 0 aromatic heterocycles. The molecule has 5 heteroatoms. The summed E-state index contributed by atoms with van der Waals surface area (Å²) in [5, 5.41) is 0. The van der Waals surface area contributed by atoms with Crippen LogP contribution in [-0.2, 0) is 20.8 Å². The van der Waals surface area contributed by atoms with E-state index in [0.717, 1.165) is 12.0 Å². The molecule has 1 aromatic rings. The van der Waals surface area contributed by atoms with Crippen molar-refractivity contribution < 1.29 is 19.0 Å². The van der Waals surface area contributed by atoms with E-state index in [4.69, 9.17) is 14.2 Å². The number of ether oxygens (including phenoxy) is 3. The van der Waals surface area contributed by atoms with Crippen LogP contribution < -0.4 is 0 Å². The Hall–Kier alpha value is -1.85. The van der Waals surface area contributed by atoms with E-state index in [0.29, 0.717) is 19.8 Å². The van der Waals surface area contributed by atoms with E-state index in [-0.39, 0.29) is 24.8 Å². The number of likely N-dealkylation sites (tertiary alicyclic amines) is 1. The predicted molar refractivity (Wildman–Crippen MR) is 83.6 cm³/mol. The first-order chi connectivity index (χ1) is 10.8. The van der Waals surface area contributed by atoms with Crippen LogP contribution in [0.5, 0.6) is 0 Å². The molecule has 5 nitrogen and oxygen atoms in total. The van der Waals surface area contributed by atoms with Gasteiger partial charge in [0.05, 0.1) is 25.4 Å². The number of hydrogen-bond donors (Lipinski definition) is 0. The van der Waals surface area contributed by atoms with Gasteiger partial charge in [-0.1, -0.05) is 36.4 Å². The van der Waals surface area contributed by atoms with Crippen LogP contribution in [0.3, 0.4) is 0 Å². The summed E-state index contributed by atoms with van der Waals surface area (Å²) >= 11 is 0. The van der Waals surface area contributed by atoms with Gasteiger partial charge in [0.1, 0.15) is 6.61 Å². The summed E-state index contributed by atoms with van der Waals surface area (Å²) in [7, 11) is 1.62. The highest BCUT2D eigenvalue weighted by atomic mass is 16.6. The lowest BCUT2D eigenvalue weighted by Gasteiger charge is -2.26. The first kappa shape index (κ1) is 16.5. The van der Waals surface area contributed by atoms with Gasteiger partial charge in [0.25, 0.3) is 0 Å². The molecule has 1 fully saturated rings. The topological polar surface area (TPSA) is 48.0 Å². The maximum absolute atomic E-state index is 12.3. The number of methoxy groups -OCH3 is 1. The van der Waals surface area contributed by atoms with E-state index in [2.05, 4.69) is 6.58 Å². The van der Waals surface area contributed by atoms with Crippen molar-refractivity contribution in [2.75, 3.05) is 26.9 Å². The van der Waals surface area contributed by atoms with E-state index in [1.165, 1.54) is 0 Å². The maximum atomic E-state index is 12.3. The average Bonchev–Trinajstić information content (AvgIpc) is 2.95. The van der Waals surface area contributed by atoms with E-state index in [9.17, 15) is 4.79 Å². The number of benzene rings is 1. The molecule has 22 heavy (non-hydrogen) atoms. The number of amides is 1. The highest BCUT2D eigenvalue weighted by molar-refractivity contribution is 5.68. The SMILES string of the molecule is C=CCO[C@@H]1CCN(C(=O)OCc2ccccc2)[C@@H]1COC. The molecular formula is C17H23NO4. The van der Waals surface area contributed by atoms with E-state index >= 15 is 0 Å². The van der Waals surface area contributed by atoms with Gasteiger partial charge in [-0.3, -0.25) is 0 Å². The van der Waals surface area contributed by atoms with Crippen LogP contribution in [0.1, 0.15) is 12.0 Å². The van der Waals surface area contributed by atoms with Crippen LogP contribution >= 0.6 is 0 Å². The molecule has 0 saturated carbocycles. The molecule has 1 aliphatic rings. The van der Waals surface area contributed by atoms with Crippen LogP contribution in [-0.4, -0.2) is 50.0 Å². The van der Waals surface area contributed by atoms with Crippen LogP contribution in [0.15, 0.2) is 43.0 Å².